The third-order valence-electron chi connectivity index (χ3n) is 3.57. The van der Waals surface area contributed by atoms with Crippen molar-refractivity contribution in [2.45, 2.75) is 6.92 Å². The molecule has 2 aromatic carbocycles. The Labute approximate surface area is 149 Å². The van der Waals surface area contributed by atoms with Crippen LogP contribution in [0.3, 0.4) is 0 Å². The summed E-state index contributed by atoms with van der Waals surface area (Å²) in [7, 11) is 0. The van der Waals surface area contributed by atoms with Crippen molar-refractivity contribution in [3.8, 4) is 5.75 Å². The van der Waals surface area contributed by atoms with Crippen molar-refractivity contribution in [3.05, 3.63) is 64.1 Å². The fourth-order valence-corrected chi connectivity index (χ4v) is 2.91. The average Bonchev–Trinajstić information content (AvgIpc) is 2.79. The highest BCUT2D eigenvalue weighted by Gasteiger charge is 2.40. The molecule has 0 fully saturated rings. The van der Waals surface area contributed by atoms with Crippen molar-refractivity contribution in [1.82, 2.24) is 0 Å². The van der Waals surface area contributed by atoms with Gasteiger partial charge in [-0.2, -0.15) is 0 Å². The van der Waals surface area contributed by atoms with Gasteiger partial charge in [-0.15, -0.1) is 0 Å². The van der Waals surface area contributed by atoms with Crippen molar-refractivity contribution >= 4 is 46.3 Å². The lowest BCUT2D eigenvalue weighted by Crippen LogP contribution is -2.31. The molecule has 0 N–H and O–H groups in total. The van der Waals surface area contributed by atoms with E-state index in [-0.39, 0.29) is 10.6 Å². The maximum absolute atomic E-state index is 12.8. The lowest BCUT2D eigenvalue weighted by Gasteiger charge is -2.18. The molecule has 122 valence electrons. The molecule has 0 aliphatic carbocycles. The molecule has 0 saturated heterocycles. The zero-order valence-corrected chi connectivity index (χ0v) is 14.3. The largest absolute Gasteiger partial charge is 0.492 e. The third-order valence-corrected chi connectivity index (χ3v) is 4.17. The van der Waals surface area contributed by atoms with Crippen molar-refractivity contribution in [2.75, 3.05) is 11.5 Å². The van der Waals surface area contributed by atoms with E-state index in [4.69, 9.17) is 27.9 Å². The number of halogens is 2. The van der Waals surface area contributed by atoms with Gasteiger partial charge in [-0.3, -0.25) is 9.59 Å². The Morgan fingerprint density at radius 2 is 1.62 bits per heavy atom. The highest BCUT2D eigenvalue weighted by molar-refractivity contribution is 6.60. The Morgan fingerprint density at radius 1 is 0.958 bits per heavy atom. The van der Waals surface area contributed by atoms with E-state index in [0.29, 0.717) is 28.6 Å². The number of anilines is 1. The predicted octanol–water partition coefficient (Wildman–Crippen LogP) is 4.26. The monoisotopic (exact) mass is 361 g/mol. The number of rotatable bonds is 4. The zero-order chi connectivity index (χ0) is 17.3. The molecule has 4 nitrogen and oxygen atoms in total. The number of hydrogen-bond donors (Lipinski definition) is 0. The Morgan fingerprint density at radius 3 is 2.29 bits per heavy atom. The molecule has 0 radical (unpaired) electrons. The molecule has 24 heavy (non-hydrogen) atoms. The van der Waals surface area contributed by atoms with Gasteiger partial charge in [0.1, 0.15) is 10.8 Å². The van der Waals surface area contributed by atoms with E-state index in [2.05, 4.69) is 0 Å². The van der Waals surface area contributed by atoms with Crippen LogP contribution >= 0.6 is 23.2 Å². The summed E-state index contributed by atoms with van der Waals surface area (Å²) in [6.07, 6.45) is 0. The summed E-state index contributed by atoms with van der Waals surface area (Å²) in [6.45, 7) is 2.24. The Balaban J connectivity index is 2.05. The molecular weight excluding hydrogens is 349 g/mol. The van der Waals surface area contributed by atoms with Gasteiger partial charge in [0.25, 0.3) is 11.8 Å². The minimum atomic E-state index is -0.571. The molecule has 1 aliphatic heterocycles. The molecule has 0 bridgehead atoms. The molecule has 2 amide bonds. The smallest absolute Gasteiger partial charge is 0.277 e. The molecule has 0 unspecified atom stereocenters. The maximum atomic E-state index is 12.8. The molecule has 1 aliphatic rings. The first-order valence-corrected chi connectivity index (χ1v) is 8.06. The highest BCUT2D eigenvalue weighted by Crippen LogP contribution is 2.38. The second kappa shape index (κ2) is 6.67. The van der Waals surface area contributed by atoms with Gasteiger partial charge in [-0.05, 0) is 36.8 Å². The lowest BCUT2D eigenvalue weighted by atomic mass is 10.1. The fraction of sp³-hybridized carbons (Fsp3) is 0.111. The van der Waals surface area contributed by atoms with E-state index in [1.807, 2.05) is 6.92 Å². The standard InChI is InChI=1S/C18H13Cl2NO3/c1-2-24-14-6-4-3-5-13(14)21-17(22)15(16(20)18(21)23)11-7-9-12(19)10-8-11/h3-10H,2H2,1H3. The molecule has 3 rings (SSSR count). The normalized spacial score (nSPS) is 14.5. The van der Waals surface area contributed by atoms with Crippen molar-refractivity contribution < 1.29 is 14.3 Å². The van der Waals surface area contributed by atoms with Crippen LogP contribution in [0, 0.1) is 0 Å². The SMILES string of the molecule is CCOc1ccccc1N1C(=O)C(Cl)=C(c2ccc(Cl)cc2)C1=O. The summed E-state index contributed by atoms with van der Waals surface area (Å²) in [5, 5.41) is 0.416. The number of nitrogens with zero attached hydrogens (tertiary/aromatic N) is 1. The van der Waals surface area contributed by atoms with Gasteiger partial charge >= 0.3 is 0 Å². The number of benzene rings is 2. The van der Waals surface area contributed by atoms with E-state index in [9.17, 15) is 9.59 Å². The number of carbonyl (C=O) groups is 2. The van der Waals surface area contributed by atoms with E-state index in [0.717, 1.165) is 4.90 Å². The van der Waals surface area contributed by atoms with Gasteiger partial charge in [0.05, 0.1) is 17.9 Å². The van der Waals surface area contributed by atoms with Crippen LogP contribution in [0.15, 0.2) is 53.6 Å². The molecule has 0 atom stereocenters. The summed E-state index contributed by atoms with van der Waals surface area (Å²) in [6, 6.07) is 13.4. The van der Waals surface area contributed by atoms with Crippen molar-refractivity contribution in [3.63, 3.8) is 0 Å². The number of amides is 2. The molecule has 2 aromatic rings. The number of para-hydroxylation sites is 2. The topological polar surface area (TPSA) is 46.6 Å². The van der Waals surface area contributed by atoms with Crippen molar-refractivity contribution in [2.24, 2.45) is 0 Å². The minimum Gasteiger partial charge on any atom is -0.492 e. The van der Waals surface area contributed by atoms with Crippen LogP contribution in [0.2, 0.25) is 5.02 Å². The summed E-state index contributed by atoms with van der Waals surface area (Å²) in [4.78, 5) is 26.4. The van der Waals surface area contributed by atoms with Crippen LogP contribution in [0.25, 0.3) is 5.57 Å². The molecule has 0 spiro atoms. The van der Waals surface area contributed by atoms with Gasteiger partial charge < -0.3 is 4.74 Å². The van der Waals surface area contributed by atoms with Gasteiger partial charge in [0.15, 0.2) is 0 Å². The van der Waals surface area contributed by atoms with Gasteiger partial charge in [-0.1, -0.05) is 47.5 Å². The first kappa shape index (κ1) is 16.6. The van der Waals surface area contributed by atoms with Crippen molar-refractivity contribution in [1.29, 1.82) is 0 Å². The predicted molar refractivity (Wildman–Crippen MR) is 94.3 cm³/mol. The van der Waals surface area contributed by atoms with E-state index in [1.165, 1.54) is 0 Å². The van der Waals surface area contributed by atoms with Gasteiger partial charge in [-0.25, -0.2) is 4.90 Å². The number of carbonyl (C=O) groups excluding carboxylic acids is 2. The van der Waals surface area contributed by atoms with Crippen LogP contribution in [0.4, 0.5) is 5.69 Å². The van der Waals surface area contributed by atoms with E-state index >= 15 is 0 Å². The number of ether oxygens (including phenoxy) is 1. The lowest BCUT2D eigenvalue weighted by molar-refractivity contribution is -0.119. The summed E-state index contributed by atoms with van der Waals surface area (Å²) in [5.41, 5.74) is 1.07. The molecular formula is C18H13Cl2NO3. The minimum absolute atomic E-state index is 0.117. The maximum Gasteiger partial charge on any atom is 0.277 e. The molecule has 1 heterocycles. The van der Waals surface area contributed by atoms with Crippen LogP contribution in [-0.4, -0.2) is 18.4 Å². The van der Waals surface area contributed by atoms with Crippen LogP contribution in [-0.2, 0) is 9.59 Å². The average molecular weight is 362 g/mol. The fourth-order valence-electron chi connectivity index (χ4n) is 2.51. The van der Waals surface area contributed by atoms with E-state index < -0.39 is 11.8 Å². The van der Waals surface area contributed by atoms with Gasteiger partial charge in [0, 0.05) is 5.02 Å². The Bertz CT molecular complexity index is 844. The molecule has 0 aromatic heterocycles. The Hall–Kier alpha value is -2.30. The van der Waals surface area contributed by atoms with E-state index in [1.54, 1.807) is 48.5 Å². The third kappa shape index (κ3) is 2.79. The number of hydrogen-bond acceptors (Lipinski definition) is 3. The quantitative estimate of drug-likeness (QED) is 0.764. The van der Waals surface area contributed by atoms with Gasteiger partial charge in [0.2, 0.25) is 0 Å². The first-order chi connectivity index (χ1) is 11.5. The second-order valence-electron chi connectivity index (χ2n) is 5.04. The molecule has 6 heteroatoms. The summed E-state index contributed by atoms with van der Waals surface area (Å²) < 4.78 is 5.51. The van der Waals surface area contributed by atoms with Crippen LogP contribution < -0.4 is 9.64 Å². The van der Waals surface area contributed by atoms with Crippen LogP contribution in [0.5, 0.6) is 5.75 Å². The summed E-state index contributed by atoms with van der Waals surface area (Å²) in [5.74, 6) is -0.609. The van der Waals surface area contributed by atoms with Crippen LogP contribution in [0.1, 0.15) is 12.5 Å². The summed E-state index contributed by atoms with van der Waals surface area (Å²) >= 11 is 12.0. The first-order valence-electron chi connectivity index (χ1n) is 7.31. The highest BCUT2D eigenvalue weighted by atomic mass is 35.5. The Kier molecular flexibility index (Phi) is 4.60. The second-order valence-corrected chi connectivity index (χ2v) is 5.86. The number of imide groups is 1. The molecule has 0 saturated carbocycles. The zero-order valence-electron chi connectivity index (χ0n) is 12.8.